The molecule has 0 saturated carbocycles. The smallest absolute Gasteiger partial charge is 0.167 e. The Balaban J connectivity index is 1.63. The molecular formula is C15H17N5O4S. The molecule has 1 fully saturated rings. The first-order chi connectivity index (χ1) is 12.2. The summed E-state index contributed by atoms with van der Waals surface area (Å²) in [4.78, 5) is 12.8. The Bertz CT molecular complexity index is 855. The molecule has 3 aromatic rings. The highest BCUT2D eigenvalue weighted by Gasteiger charge is 2.44. The van der Waals surface area contributed by atoms with Gasteiger partial charge in [-0.2, -0.15) is 11.3 Å². The predicted octanol–water partition coefficient (Wildman–Crippen LogP) is 0.111. The summed E-state index contributed by atoms with van der Waals surface area (Å²) < 4.78 is 7.08. The minimum atomic E-state index is -1.19. The molecule has 0 spiro atoms. The van der Waals surface area contributed by atoms with Crippen LogP contribution < -0.4 is 5.32 Å². The van der Waals surface area contributed by atoms with Crippen LogP contribution in [0.2, 0.25) is 0 Å². The number of rotatable bonds is 5. The molecule has 1 saturated heterocycles. The first-order valence-electron chi connectivity index (χ1n) is 7.74. The monoisotopic (exact) mass is 363 g/mol. The Morgan fingerprint density at radius 2 is 2.12 bits per heavy atom. The second-order valence-electron chi connectivity index (χ2n) is 5.76. The number of imidazole rings is 1. The van der Waals surface area contributed by atoms with Crippen LogP contribution in [-0.4, -0.2) is 59.8 Å². The van der Waals surface area contributed by atoms with Gasteiger partial charge in [0.1, 0.15) is 24.6 Å². The number of aliphatic hydroxyl groups excluding tert-OH is 3. The standard InChI is InChI=1S/C15H17N5O4S/c21-4-9-11(22)12(23)15(24-9)20-7-19-10-13(17-6-18-14(10)20)16-3-8-1-2-25-5-8/h1-2,5-7,9,11-12,15,21-23H,3-4H2,(H,16,17,18)/t9-,11-,12-,15?/m1/s1. The lowest BCUT2D eigenvalue weighted by Crippen LogP contribution is -2.33. The molecule has 3 aromatic heterocycles. The van der Waals surface area contributed by atoms with Crippen molar-refractivity contribution in [1.29, 1.82) is 0 Å². The topological polar surface area (TPSA) is 126 Å². The molecule has 25 heavy (non-hydrogen) atoms. The molecule has 9 nitrogen and oxygen atoms in total. The fourth-order valence-electron chi connectivity index (χ4n) is 2.86. The molecule has 0 amide bonds. The number of anilines is 1. The van der Waals surface area contributed by atoms with E-state index in [2.05, 4.69) is 20.3 Å². The van der Waals surface area contributed by atoms with Crippen LogP contribution in [0.15, 0.2) is 29.5 Å². The second-order valence-corrected chi connectivity index (χ2v) is 6.54. The van der Waals surface area contributed by atoms with Gasteiger partial charge in [0.25, 0.3) is 0 Å². The summed E-state index contributed by atoms with van der Waals surface area (Å²) in [5, 5.41) is 36.6. The van der Waals surface area contributed by atoms with Gasteiger partial charge in [0.2, 0.25) is 0 Å². The third-order valence-corrected chi connectivity index (χ3v) is 4.92. The van der Waals surface area contributed by atoms with Crippen molar-refractivity contribution in [3.05, 3.63) is 35.0 Å². The number of hydrogen-bond acceptors (Lipinski definition) is 9. The molecule has 0 bridgehead atoms. The maximum atomic E-state index is 10.2. The van der Waals surface area contributed by atoms with Crippen LogP contribution in [0.4, 0.5) is 5.82 Å². The summed E-state index contributed by atoms with van der Waals surface area (Å²) in [6, 6.07) is 2.02. The third kappa shape index (κ3) is 2.87. The van der Waals surface area contributed by atoms with E-state index in [1.807, 2.05) is 16.8 Å². The Kier molecular flexibility index (Phi) is 4.36. The van der Waals surface area contributed by atoms with E-state index in [1.165, 1.54) is 17.2 Å². The average Bonchev–Trinajstić information content (AvgIpc) is 3.34. The Morgan fingerprint density at radius 1 is 1.24 bits per heavy atom. The van der Waals surface area contributed by atoms with Gasteiger partial charge in [-0.3, -0.25) is 4.57 Å². The van der Waals surface area contributed by atoms with Gasteiger partial charge in [0, 0.05) is 6.54 Å². The van der Waals surface area contributed by atoms with Crippen molar-refractivity contribution < 1.29 is 20.1 Å². The van der Waals surface area contributed by atoms with E-state index in [-0.39, 0.29) is 6.61 Å². The largest absolute Gasteiger partial charge is 0.394 e. The van der Waals surface area contributed by atoms with E-state index in [0.29, 0.717) is 23.5 Å². The van der Waals surface area contributed by atoms with E-state index >= 15 is 0 Å². The quantitative estimate of drug-likeness (QED) is 0.503. The third-order valence-electron chi connectivity index (χ3n) is 4.19. The van der Waals surface area contributed by atoms with Crippen LogP contribution >= 0.6 is 11.3 Å². The van der Waals surface area contributed by atoms with Crippen molar-refractivity contribution in [1.82, 2.24) is 19.5 Å². The van der Waals surface area contributed by atoms with Crippen molar-refractivity contribution in [3.8, 4) is 0 Å². The summed E-state index contributed by atoms with van der Waals surface area (Å²) in [6.45, 7) is 0.222. The molecule has 4 heterocycles. The minimum absolute atomic E-state index is 0.385. The fourth-order valence-corrected chi connectivity index (χ4v) is 3.52. The summed E-state index contributed by atoms with van der Waals surface area (Å²) in [7, 11) is 0. The molecule has 132 valence electrons. The molecule has 0 aliphatic carbocycles. The zero-order valence-electron chi connectivity index (χ0n) is 13.1. The number of nitrogens with one attached hydrogen (secondary N) is 1. The number of aromatic nitrogens is 4. The number of aliphatic hydroxyl groups is 3. The lowest BCUT2D eigenvalue weighted by atomic mass is 10.1. The number of nitrogens with zero attached hydrogens (tertiary/aromatic N) is 4. The molecule has 0 aromatic carbocycles. The number of hydrogen-bond donors (Lipinski definition) is 4. The first kappa shape index (κ1) is 16.4. The van der Waals surface area contributed by atoms with E-state index in [4.69, 9.17) is 4.74 Å². The zero-order valence-corrected chi connectivity index (χ0v) is 13.9. The Morgan fingerprint density at radius 3 is 2.84 bits per heavy atom. The van der Waals surface area contributed by atoms with Crippen LogP contribution in [0.1, 0.15) is 11.8 Å². The lowest BCUT2D eigenvalue weighted by Gasteiger charge is -2.16. The zero-order chi connectivity index (χ0) is 17.4. The van der Waals surface area contributed by atoms with Gasteiger partial charge in [-0.25, -0.2) is 15.0 Å². The lowest BCUT2D eigenvalue weighted by molar-refractivity contribution is -0.0511. The maximum Gasteiger partial charge on any atom is 0.167 e. The van der Waals surface area contributed by atoms with Gasteiger partial charge in [-0.15, -0.1) is 0 Å². The van der Waals surface area contributed by atoms with Crippen LogP contribution in [0.25, 0.3) is 11.2 Å². The van der Waals surface area contributed by atoms with Gasteiger partial charge in [0.05, 0.1) is 12.9 Å². The van der Waals surface area contributed by atoms with Crippen molar-refractivity contribution >= 4 is 28.3 Å². The van der Waals surface area contributed by atoms with Crippen LogP contribution in [0.5, 0.6) is 0 Å². The highest BCUT2D eigenvalue weighted by atomic mass is 32.1. The van der Waals surface area contributed by atoms with Crippen LogP contribution in [0, 0.1) is 0 Å². The minimum Gasteiger partial charge on any atom is -0.394 e. The van der Waals surface area contributed by atoms with Gasteiger partial charge >= 0.3 is 0 Å². The Labute approximate surface area is 146 Å². The summed E-state index contributed by atoms with van der Waals surface area (Å²) in [5.74, 6) is 0.571. The molecule has 10 heteroatoms. The molecule has 4 atom stereocenters. The van der Waals surface area contributed by atoms with E-state index in [1.54, 1.807) is 11.3 Å². The highest BCUT2D eigenvalue weighted by Crippen LogP contribution is 2.32. The van der Waals surface area contributed by atoms with Crippen molar-refractivity contribution in [2.75, 3.05) is 11.9 Å². The van der Waals surface area contributed by atoms with Crippen LogP contribution in [0.3, 0.4) is 0 Å². The average molecular weight is 363 g/mol. The number of ether oxygens (including phenoxy) is 1. The van der Waals surface area contributed by atoms with Crippen molar-refractivity contribution in [3.63, 3.8) is 0 Å². The molecule has 4 rings (SSSR count). The number of fused-ring (bicyclic) bond motifs is 1. The second kappa shape index (κ2) is 6.65. The van der Waals surface area contributed by atoms with E-state index in [9.17, 15) is 15.3 Å². The number of thiophene rings is 1. The van der Waals surface area contributed by atoms with Crippen LogP contribution in [-0.2, 0) is 11.3 Å². The molecular weight excluding hydrogens is 346 g/mol. The molecule has 4 N–H and O–H groups in total. The van der Waals surface area contributed by atoms with E-state index in [0.717, 1.165) is 5.56 Å². The summed E-state index contributed by atoms with van der Waals surface area (Å²) in [5.41, 5.74) is 2.15. The molecule has 1 unspecified atom stereocenters. The van der Waals surface area contributed by atoms with Gasteiger partial charge in [0.15, 0.2) is 23.2 Å². The fraction of sp³-hybridized carbons (Fsp3) is 0.400. The molecule has 1 aliphatic rings. The van der Waals surface area contributed by atoms with Gasteiger partial charge < -0.3 is 25.4 Å². The molecule has 0 radical (unpaired) electrons. The van der Waals surface area contributed by atoms with E-state index < -0.39 is 24.5 Å². The van der Waals surface area contributed by atoms with Crippen molar-refractivity contribution in [2.45, 2.75) is 31.1 Å². The SMILES string of the molecule is OC[C@H]1OC(n2cnc3c(NCc4ccsc4)ncnc32)[C@H](O)[C@@H]1O. The Hall–Kier alpha value is -2.11. The summed E-state index contributed by atoms with van der Waals surface area (Å²) in [6.07, 6.45) is -1.21. The van der Waals surface area contributed by atoms with Gasteiger partial charge in [-0.05, 0) is 22.4 Å². The highest BCUT2D eigenvalue weighted by molar-refractivity contribution is 7.07. The maximum absolute atomic E-state index is 10.2. The van der Waals surface area contributed by atoms with Crippen molar-refractivity contribution in [2.24, 2.45) is 0 Å². The van der Waals surface area contributed by atoms with Gasteiger partial charge in [-0.1, -0.05) is 0 Å². The normalized spacial score (nSPS) is 26.4. The first-order valence-corrected chi connectivity index (χ1v) is 8.68. The summed E-state index contributed by atoms with van der Waals surface area (Å²) >= 11 is 1.62. The predicted molar refractivity (Wildman–Crippen MR) is 90.0 cm³/mol. The molecule has 1 aliphatic heterocycles.